The lowest BCUT2D eigenvalue weighted by Crippen LogP contribution is -2.26. The lowest BCUT2D eigenvalue weighted by Gasteiger charge is -2.12. The number of benzene rings is 2. The van der Waals surface area contributed by atoms with Crippen molar-refractivity contribution < 1.29 is 4.79 Å². The van der Waals surface area contributed by atoms with Crippen LogP contribution in [0.15, 0.2) is 60.7 Å². The van der Waals surface area contributed by atoms with Gasteiger partial charge in [0.2, 0.25) is 5.91 Å². The molecule has 0 bridgehead atoms. The summed E-state index contributed by atoms with van der Waals surface area (Å²) in [6.45, 7) is 2.78. The Bertz CT molecular complexity index is 815. The summed E-state index contributed by atoms with van der Waals surface area (Å²) in [5, 5.41) is 7.27. The molecule has 0 aliphatic carbocycles. The Hall–Kier alpha value is -2.88. The van der Waals surface area contributed by atoms with Gasteiger partial charge in [-0.3, -0.25) is 4.79 Å². The van der Waals surface area contributed by atoms with E-state index < -0.39 is 0 Å². The zero-order valence-electron chi connectivity index (χ0n) is 13.0. The van der Waals surface area contributed by atoms with E-state index in [1.807, 2.05) is 36.4 Å². The molecule has 1 amide bonds. The minimum absolute atomic E-state index is 0.0173. The van der Waals surface area contributed by atoms with E-state index in [1.54, 1.807) is 0 Å². The third-order valence-electron chi connectivity index (χ3n) is 3.60. The summed E-state index contributed by atoms with van der Waals surface area (Å²) in [4.78, 5) is 15.7. The molecule has 23 heavy (non-hydrogen) atoms. The lowest BCUT2D eigenvalue weighted by molar-refractivity contribution is -0.118. The van der Waals surface area contributed by atoms with Gasteiger partial charge in [-0.25, -0.2) is 4.98 Å². The van der Waals surface area contributed by atoms with Gasteiger partial charge in [-0.2, -0.15) is 0 Å². The van der Waals surface area contributed by atoms with Crippen LogP contribution in [-0.2, 0) is 4.79 Å². The molecule has 4 heteroatoms. The van der Waals surface area contributed by atoms with E-state index in [-0.39, 0.29) is 5.91 Å². The second kappa shape index (κ2) is 6.92. The fraction of sp³-hybridized carbons (Fsp3) is 0.158. The van der Waals surface area contributed by atoms with Crippen LogP contribution in [0.25, 0.3) is 22.2 Å². The Morgan fingerprint density at radius 1 is 1.00 bits per heavy atom. The van der Waals surface area contributed by atoms with Crippen LogP contribution < -0.4 is 10.6 Å². The minimum atomic E-state index is -0.0173. The van der Waals surface area contributed by atoms with Gasteiger partial charge in [0, 0.05) is 36.7 Å². The fourth-order valence-electron chi connectivity index (χ4n) is 2.51. The van der Waals surface area contributed by atoms with Crippen molar-refractivity contribution in [2.75, 3.05) is 18.4 Å². The molecule has 0 radical (unpaired) electrons. The molecule has 4 nitrogen and oxygen atoms in total. The number of nitrogens with zero attached hydrogens (tertiary/aromatic N) is 1. The van der Waals surface area contributed by atoms with E-state index in [0.717, 1.165) is 27.8 Å². The van der Waals surface area contributed by atoms with Crippen molar-refractivity contribution in [2.45, 2.75) is 6.92 Å². The number of amides is 1. The van der Waals surface area contributed by atoms with Crippen LogP contribution in [0.2, 0.25) is 0 Å². The third kappa shape index (κ3) is 3.66. The maximum Gasteiger partial charge on any atom is 0.216 e. The van der Waals surface area contributed by atoms with E-state index in [1.165, 1.54) is 6.92 Å². The van der Waals surface area contributed by atoms with Crippen LogP contribution in [0.4, 0.5) is 5.69 Å². The molecule has 0 aliphatic rings. The highest BCUT2D eigenvalue weighted by atomic mass is 16.1. The van der Waals surface area contributed by atoms with Gasteiger partial charge in [-0.15, -0.1) is 0 Å². The zero-order valence-corrected chi connectivity index (χ0v) is 13.0. The standard InChI is InChI=1S/C19H19N3O/c1-14(23)20-11-12-21-19-13-18(15-7-3-2-4-8-15)22-17-10-6-5-9-16(17)19/h2-10,13H,11-12H2,1H3,(H,20,23)(H,21,22). The molecule has 0 atom stereocenters. The molecule has 2 N–H and O–H groups in total. The molecule has 0 aliphatic heterocycles. The van der Waals surface area contributed by atoms with Crippen molar-refractivity contribution in [1.29, 1.82) is 0 Å². The predicted octanol–water partition coefficient (Wildman–Crippen LogP) is 3.45. The molecule has 0 unspecified atom stereocenters. The number of anilines is 1. The van der Waals surface area contributed by atoms with Crippen molar-refractivity contribution in [3.63, 3.8) is 0 Å². The second-order valence-electron chi connectivity index (χ2n) is 5.35. The van der Waals surface area contributed by atoms with Crippen LogP contribution >= 0.6 is 0 Å². The molecule has 1 aromatic heterocycles. The van der Waals surface area contributed by atoms with Crippen molar-refractivity contribution in [3.05, 3.63) is 60.7 Å². The first-order chi connectivity index (χ1) is 11.2. The van der Waals surface area contributed by atoms with E-state index in [2.05, 4.69) is 34.9 Å². The molecule has 0 saturated heterocycles. The van der Waals surface area contributed by atoms with E-state index >= 15 is 0 Å². The molecule has 0 saturated carbocycles. The Morgan fingerprint density at radius 2 is 1.74 bits per heavy atom. The van der Waals surface area contributed by atoms with Gasteiger partial charge in [0.15, 0.2) is 0 Å². The van der Waals surface area contributed by atoms with Gasteiger partial charge < -0.3 is 10.6 Å². The molecular formula is C19H19N3O. The number of pyridine rings is 1. The lowest BCUT2D eigenvalue weighted by atomic mass is 10.1. The van der Waals surface area contributed by atoms with Gasteiger partial charge in [-0.05, 0) is 12.1 Å². The second-order valence-corrected chi connectivity index (χ2v) is 5.35. The third-order valence-corrected chi connectivity index (χ3v) is 3.60. The molecular weight excluding hydrogens is 286 g/mol. The van der Waals surface area contributed by atoms with Crippen LogP contribution in [-0.4, -0.2) is 24.0 Å². The summed E-state index contributed by atoms with van der Waals surface area (Å²) < 4.78 is 0. The van der Waals surface area contributed by atoms with Gasteiger partial charge >= 0.3 is 0 Å². The summed E-state index contributed by atoms with van der Waals surface area (Å²) in [5.41, 5.74) is 4.00. The van der Waals surface area contributed by atoms with Crippen molar-refractivity contribution in [3.8, 4) is 11.3 Å². The molecule has 116 valence electrons. The number of aromatic nitrogens is 1. The minimum Gasteiger partial charge on any atom is -0.383 e. The first-order valence-electron chi connectivity index (χ1n) is 7.67. The van der Waals surface area contributed by atoms with Gasteiger partial charge in [-0.1, -0.05) is 48.5 Å². The van der Waals surface area contributed by atoms with Gasteiger partial charge in [0.05, 0.1) is 11.2 Å². The number of carbonyl (C=O) groups is 1. The Kier molecular flexibility index (Phi) is 4.52. The molecule has 0 fully saturated rings. The normalized spacial score (nSPS) is 10.5. The largest absolute Gasteiger partial charge is 0.383 e. The highest BCUT2D eigenvalue weighted by Gasteiger charge is 2.07. The summed E-state index contributed by atoms with van der Waals surface area (Å²) in [5.74, 6) is -0.0173. The summed E-state index contributed by atoms with van der Waals surface area (Å²) in [6, 6.07) is 20.3. The first-order valence-corrected chi connectivity index (χ1v) is 7.67. The number of para-hydroxylation sites is 1. The maximum atomic E-state index is 11.0. The van der Waals surface area contributed by atoms with E-state index in [9.17, 15) is 4.79 Å². The quantitative estimate of drug-likeness (QED) is 0.710. The Balaban J connectivity index is 1.93. The molecule has 3 aromatic rings. The number of nitrogens with one attached hydrogen (secondary N) is 2. The molecule has 3 rings (SSSR count). The predicted molar refractivity (Wildman–Crippen MR) is 94.4 cm³/mol. The Morgan fingerprint density at radius 3 is 2.52 bits per heavy atom. The highest BCUT2D eigenvalue weighted by Crippen LogP contribution is 2.27. The topological polar surface area (TPSA) is 54.0 Å². The zero-order chi connectivity index (χ0) is 16.1. The van der Waals surface area contributed by atoms with Gasteiger partial charge in [0.25, 0.3) is 0 Å². The van der Waals surface area contributed by atoms with Crippen LogP contribution in [0, 0.1) is 0 Å². The molecule has 2 aromatic carbocycles. The fourth-order valence-corrected chi connectivity index (χ4v) is 2.51. The average molecular weight is 305 g/mol. The Labute approximate surface area is 135 Å². The molecule has 0 spiro atoms. The number of fused-ring (bicyclic) bond motifs is 1. The molecule has 1 heterocycles. The van der Waals surface area contributed by atoms with E-state index in [0.29, 0.717) is 13.1 Å². The summed E-state index contributed by atoms with van der Waals surface area (Å²) >= 11 is 0. The monoisotopic (exact) mass is 305 g/mol. The van der Waals surface area contributed by atoms with Crippen molar-refractivity contribution in [2.24, 2.45) is 0 Å². The van der Waals surface area contributed by atoms with Crippen molar-refractivity contribution >= 4 is 22.5 Å². The first kappa shape index (κ1) is 15.0. The highest BCUT2D eigenvalue weighted by molar-refractivity contribution is 5.93. The number of carbonyl (C=O) groups excluding carboxylic acids is 1. The van der Waals surface area contributed by atoms with Gasteiger partial charge in [0.1, 0.15) is 0 Å². The summed E-state index contributed by atoms with van der Waals surface area (Å²) in [7, 11) is 0. The average Bonchev–Trinajstić information content (AvgIpc) is 2.59. The summed E-state index contributed by atoms with van der Waals surface area (Å²) in [6.07, 6.45) is 0. The number of rotatable bonds is 5. The SMILES string of the molecule is CC(=O)NCCNc1cc(-c2ccccc2)nc2ccccc12. The number of hydrogen-bond acceptors (Lipinski definition) is 3. The number of hydrogen-bond donors (Lipinski definition) is 2. The van der Waals surface area contributed by atoms with E-state index in [4.69, 9.17) is 4.98 Å². The smallest absolute Gasteiger partial charge is 0.216 e. The van der Waals surface area contributed by atoms with Crippen molar-refractivity contribution in [1.82, 2.24) is 10.3 Å². The van der Waals surface area contributed by atoms with Crippen LogP contribution in [0.5, 0.6) is 0 Å². The van der Waals surface area contributed by atoms with Crippen LogP contribution in [0.3, 0.4) is 0 Å². The van der Waals surface area contributed by atoms with Crippen LogP contribution in [0.1, 0.15) is 6.92 Å². The maximum absolute atomic E-state index is 11.0.